The van der Waals surface area contributed by atoms with Crippen molar-refractivity contribution in [1.29, 1.82) is 0 Å². The van der Waals surface area contributed by atoms with Crippen molar-refractivity contribution in [3.63, 3.8) is 0 Å². The molecule has 0 amide bonds. The first kappa shape index (κ1) is 17.4. The highest BCUT2D eigenvalue weighted by atomic mass is 35.5. The molecule has 0 aromatic heterocycles. The zero-order valence-electron chi connectivity index (χ0n) is 13.3. The fourth-order valence-corrected chi connectivity index (χ4v) is 2.61. The normalized spacial score (nSPS) is 11.4. The average molecular weight is 363 g/mol. The van der Waals surface area contributed by atoms with Gasteiger partial charge in [0.05, 0.1) is 5.56 Å². The molecule has 5 heteroatoms. The average Bonchev–Trinajstić information content (AvgIpc) is 2.56. The van der Waals surface area contributed by atoms with Crippen LogP contribution in [0, 0.1) is 6.92 Å². The summed E-state index contributed by atoms with van der Waals surface area (Å²) in [6.45, 7) is 1.84. The molecule has 3 rings (SSSR count). The predicted molar refractivity (Wildman–Crippen MR) is 93.1 cm³/mol. The molecule has 0 saturated heterocycles. The molecule has 0 atom stereocenters. The van der Waals surface area contributed by atoms with Gasteiger partial charge in [-0.2, -0.15) is 13.2 Å². The largest absolute Gasteiger partial charge is 0.457 e. The van der Waals surface area contributed by atoms with Crippen LogP contribution in [0.2, 0.25) is 5.02 Å². The van der Waals surface area contributed by atoms with Crippen LogP contribution in [0.4, 0.5) is 13.2 Å². The van der Waals surface area contributed by atoms with E-state index in [-0.39, 0.29) is 5.75 Å². The zero-order chi connectivity index (χ0) is 18.0. The van der Waals surface area contributed by atoms with E-state index in [1.165, 1.54) is 12.1 Å². The van der Waals surface area contributed by atoms with Crippen molar-refractivity contribution in [2.45, 2.75) is 13.1 Å². The van der Waals surface area contributed by atoms with E-state index in [0.717, 1.165) is 28.8 Å². The standard InChI is InChI=1S/C20H14ClF3O/c1-13-8-9-15(14-4-2-6-17(21)10-14)11-19(13)25-18-7-3-5-16(12-18)20(22,23)24/h2-12H,1H3. The van der Waals surface area contributed by atoms with Crippen LogP contribution >= 0.6 is 11.6 Å². The topological polar surface area (TPSA) is 9.23 Å². The van der Waals surface area contributed by atoms with Gasteiger partial charge in [0.1, 0.15) is 11.5 Å². The van der Waals surface area contributed by atoms with E-state index in [1.807, 2.05) is 37.3 Å². The lowest BCUT2D eigenvalue weighted by molar-refractivity contribution is -0.137. The van der Waals surface area contributed by atoms with E-state index >= 15 is 0 Å². The number of alkyl halides is 3. The summed E-state index contributed by atoms with van der Waals surface area (Å²) in [5.41, 5.74) is 1.85. The third-order valence-electron chi connectivity index (χ3n) is 3.74. The van der Waals surface area contributed by atoms with Crippen LogP contribution in [-0.4, -0.2) is 0 Å². The van der Waals surface area contributed by atoms with Crippen molar-refractivity contribution in [3.8, 4) is 22.6 Å². The van der Waals surface area contributed by atoms with Gasteiger partial charge in [0.25, 0.3) is 0 Å². The van der Waals surface area contributed by atoms with Crippen molar-refractivity contribution in [1.82, 2.24) is 0 Å². The Balaban J connectivity index is 1.94. The molecule has 0 fully saturated rings. The van der Waals surface area contributed by atoms with Gasteiger partial charge in [-0.3, -0.25) is 0 Å². The molecule has 0 heterocycles. The Hall–Kier alpha value is -2.46. The second kappa shape index (κ2) is 6.81. The fraction of sp³-hybridized carbons (Fsp3) is 0.100. The number of benzene rings is 3. The second-order valence-corrected chi connectivity index (χ2v) is 6.05. The Morgan fingerprint density at radius 3 is 2.28 bits per heavy atom. The Kier molecular flexibility index (Phi) is 4.73. The van der Waals surface area contributed by atoms with Crippen LogP contribution in [0.5, 0.6) is 11.5 Å². The predicted octanol–water partition coefficient (Wildman–Crippen LogP) is 7.13. The van der Waals surface area contributed by atoms with E-state index in [2.05, 4.69) is 0 Å². The lowest BCUT2D eigenvalue weighted by atomic mass is 10.0. The van der Waals surface area contributed by atoms with Crippen LogP contribution in [0.3, 0.4) is 0 Å². The minimum absolute atomic E-state index is 0.140. The first-order valence-corrected chi connectivity index (χ1v) is 7.92. The van der Waals surface area contributed by atoms with Crippen molar-refractivity contribution < 1.29 is 17.9 Å². The minimum atomic E-state index is -4.41. The molecule has 3 aromatic carbocycles. The molecule has 3 aromatic rings. The lowest BCUT2D eigenvalue weighted by Gasteiger charge is -2.13. The van der Waals surface area contributed by atoms with Crippen LogP contribution in [0.15, 0.2) is 66.7 Å². The quantitative estimate of drug-likeness (QED) is 0.481. The van der Waals surface area contributed by atoms with Crippen molar-refractivity contribution in [2.24, 2.45) is 0 Å². The van der Waals surface area contributed by atoms with E-state index in [1.54, 1.807) is 12.1 Å². The molecule has 0 aliphatic heterocycles. The Morgan fingerprint density at radius 1 is 0.840 bits per heavy atom. The highest BCUT2D eigenvalue weighted by Gasteiger charge is 2.30. The number of hydrogen-bond acceptors (Lipinski definition) is 1. The van der Waals surface area contributed by atoms with Crippen molar-refractivity contribution in [2.75, 3.05) is 0 Å². The molecule has 1 nitrogen and oxygen atoms in total. The monoisotopic (exact) mass is 362 g/mol. The summed E-state index contributed by atoms with van der Waals surface area (Å²) < 4.78 is 44.2. The zero-order valence-corrected chi connectivity index (χ0v) is 14.0. The summed E-state index contributed by atoms with van der Waals surface area (Å²) >= 11 is 6.02. The molecule has 0 aliphatic carbocycles. The smallest absolute Gasteiger partial charge is 0.416 e. The number of ether oxygens (including phenoxy) is 1. The molecule has 0 radical (unpaired) electrons. The molecule has 0 spiro atoms. The lowest BCUT2D eigenvalue weighted by Crippen LogP contribution is -2.04. The van der Waals surface area contributed by atoms with E-state index in [9.17, 15) is 13.2 Å². The van der Waals surface area contributed by atoms with Crippen molar-refractivity contribution in [3.05, 3.63) is 82.9 Å². The maximum Gasteiger partial charge on any atom is 0.416 e. The number of aryl methyl sites for hydroxylation is 1. The van der Waals surface area contributed by atoms with E-state index in [4.69, 9.17) is 16.3 Å². The van der Waals surface area contributed by atoms with Gasteiger partial charge in [-0.05, 0) is 60.0 Å². The third-order valence-corrected chi connectivity index (χ3v) is 3.97. The Morgan fingerprint density at radius 2 is 1.56 bits per heavy atom. The van der Waals surface area contributed by atoms with Gasteiger partial charge in [0.2, 0.25) is 0 Å². The van der Waals surface area contributed by atoms with E-state index in [0.29, 0.717) is 10.8 Å². The molecule has 0 aliphatic rings. The van der Waals surface area contributed by atoms with Gasteiger partial charge in [-0.1, -0.05) is 41.9 Å². The molecule has 0 bridgehead atoms. The summed E-state index contributed by atoms with van der Waals surface area (Å²) in [7, 11) is 0. The maximum absolute atomic E-state index is 12.8. The van der Waals surface area contributed by atoms with Gasteiger partial charge in [-0.25, -0.2) is 0 Å². The molecular formula is C20H14ClF3O. The van der Waals surface area contributed by atoms with Gasteiger partial charge in [0, 0.05) is 5.02 Å². The molecule has 0 unspecified atom stereocenters. The van der Waals surface area contributed by atoms with E-state index < -0.39 is 11.7 Å². The molecule has 0 N–H and O–H groups in total. The van der Waals surface area contributed by atoms with Crippen LogP contribution < -0.4 is 4.74 Å². The highest BCUT2D eigenvalue weighted by Crippen LogP contribution is 2.35. The third kappa shape index (κ3) is 4.15. The fourth-order valence-electron chi connectivity index (χ4n) is 2.42. The SMILES string of the molecule is Cc1ccc(-c2cccc(Cl)c2)cc1Oc1cccc(C(F)(F)F)c1. The maximum atomic E-state index is 12.8. The van der Waals surface area contributed by atoms with Gasteiger partial charge in [0.15, 0.2) is 0 Å². The first-order valence-electron chi connectivity index (χ1n) is 7.54. The Bertz CT molecular complexity index is 903. The summed E-state index contributed by atoms with van der Waals surface area (Å²) in [6.07, 6.45) is -4.41. The van der Waals surface area contributed by atoms with Gasteiger partial charge in [-0.15, -0.1) is 0 Å². The minimum Gasteiger partial charge on any atom is -0.457 e. The molecule has 25 heavy (non-hydrogen) atoms. The van der Waals surface area contributed by atoms with Crippen LogP contribution in [0.1, 0.15) is 11.1 Å². The highest BCUT2D eigenvalue weighted by molar-refractivity contribution is 6.30. The summed E-state index contributed by atoms with van der Waals surface area (Å²) in [4.78, 5) is 0. The Labute approximate surface area is 148 Å². The van der Waals surface area contributed by atoms with Gasteiger partial charge < -0.3 is 4.74 Å². The van der Waals surface area contributed by atoms with Crippen molar-refractivity contribution >= 4 is 11.6 Å². The second-order valence-electron chi connectivity index (χ2n) is 5.62. The van der Waals surface area contributed by atoms with Gasteiger partial charge >= 0.3 is 6.18 Å². The number of halogens is 4. The number of rotatable bonds is 3. The molecule has 0 saturated carbocycles. The molecular weight excluding hydrogens is 349 g/mol. The number of hydrogen-bond donors (Lipinski definition) is 0. The summed E-state index contributed by atoms with van der Waals surface area (Å²) in [5, 5.41) is 0.610. The summed E-state index contributed by atoms with van der Waals surface area (Å²) in [5.74, 6) is 0.637. The summed E-state index contributed by atoms with van der Waals surface area (Å²) in [6, 6.07) is 17.7. The molecule has 128 valence electrons. The van der Waals surface area contributed by atoms with Crippen LogP contribution in [-0.2, 0) is 6.18 Å². The first-order chi connectivity index (χ1) is 11.8. The van der Waals surface area contributed by atoms with Crippen LogP contribution in [0.25, 0.3) is 11.1 Å².